The SMILES string of the molecule is COC(=O)CC(Cc1ccc(Cl)c(C)c1)NCCO. The minimum absolute atomic E-state index is 0.0390. The topological polar surface area (TPSA) is 58.6 Å². The van der Waals surface area contributed by atoms with Gasteiger partial charge in [0.05, 0.1) is 20.1 Å². The summed E-state index contributed by atoms with van der Waals surface area (Å²) in [5.41, 5.74) is 2.11. The highest BCUT2D eigenvalue weighted by Crippen LogP contribution is 2.17. The normalized spacial score (nSPS) is 12.2. The van der Waals surface area contributed by atoms with Gasteiger partial charge in [-0.1, -0.05) is 23.7 Å². The molecule has 5 heteroatoms. The Morgan fingerprint density at radius 2 is 2.26 bits per heavy atom. The summed E-state index contributed by atoms with van der Waals surface area (Å²) in [6.45, 7) is 2.44. The van der Waals surface area contributed by atoms with Crippen LogP contribution in [-0.2, 0) is 16.0 Å². The van der Waals surface area contributed by atoms with E-state index in [9.17, 15) is 4.79 Å². The number of hydrogen-bond donors (Lipinski definition) is 2. The van der Waals surface area contributed by atoms with Gasteiger partial charge in [-0.2, -0.15) is 0 Å². The molecule has 2 N–H and O–H groups in total. The standard InChI is InChI=1S/C14H20ClNO3/c1-10-7-11(3-4-13(10)15)8-12(16-5-6-17)9-14(18)19-2/h3-4,7,12,16-17H,5-6,8-9H2,1-2H3. The number of aryl methyl sites for hydroxylation is 1. The van der Waals surface area contributed by atoms with Crippen LogP contribution >= 0.6 is 11.6 Å². The Morgan fingerprint density at radius 1 is 1.53 bits per heavy atom. The Morgan fingerprint density at radius 3 is 2.84 bits per heavy atom. The smallest absolute Gasteiger partial charge is 0.307 e. The van der Waals surface area contributed by atoms with Gasteiger partial charge >= 0.3 is 5.97 Å². The zero-order chi connectivity index (χ0) is 14.3. The molecule has 0 aromatic heterocycles. The van der Waals surface area contributed by atoms with E-state index in [0.717, 1.165) is 16.1 Å². The third-order valence-electron chi connectivity index (χ3n) is 2.89. The molecule has 106 valence electrons. The highest BCUT2D eigenvalue weighted by molar-refractivity contribution is 6.31. The maximum atomic E-state index is 11.4. The Balaban J connectivity index is 2.69. The lowest BCUT2D eigenvalue weighted by Gasteiger charge is -2.17. The van der Waals surface area contributed by atoms with Gasteiger partial charge in [-0.05, 0) is 30.5 Å². The fraction of sp³-hybridized carbons (Fsp3) is 0.500. The maximum absolute atomic E-state index is 11.4. The molecule has 19 heavy (non-hydrogen) atoms. The van der Waals surface area contributed by atoms with Crippen molar-refractivity contribution in [3.05, 3.63) is 34.3 Å². The lowest BCUT2D eigenvalue weighted by atomic mass is 10.0. The van der Waals surface area contributed by atoms with Crippen LogP contribution in [0, 0.1) is 6.92 Å². The minimum Gasteiger partial charge on any atom is -0.469 e. The molecule has 1 aromatic rings. The number of aliphatic hydroxyl groups excluding tert-OH is 1. The Hall–Kier alpha value is -1.10. The molecule has 0 radical (unpaired) electrons. The maximum Gasteiger partial charge on any atom is 0.307 e. The molecule has 0 heterocycles. The molecule has 0 aliphatic heterocycles. The van der Waals surface area contributed by atoms with E-state index in [1.165, 1.54) is 7.11 Å². The van der Waals surface area contributed by atoms with Crippen molar-refractivity contribution in [2.24, 2.45) is 0 Å². The first-order valence-corrected chi connectivity index (χ1v) is 6.60. The monoisotopic (exact) mass is 285 g/mol. The van der Waals surface area contributed by atoms with Crippen molar-refractivity contribution < 1.29 is 14.6 Å². The fourth-order valence-electron chi connectivity index (χ4n) is 1.89. The summed E-state index contributed by atoms with van der Waals surface area (Å²) in [7, 11) is 1.37. The second-order valence-corrected chi connectivity index (χ2v) is 4.85. The average molecular weight is 286 g/mol. The fourth-order valence-corrected chi connectivity index (χ4v) is 2.01. The van der Waals surface area contributed by atoms with Gasteiger partial charge in [0.2, 0.25) is 0 Å². The first-order chi connectivity index (χ1) is 9.06. The van der Waals surface area contributed by atoms with Gasteiger partial charge in [0, 0.05) is 17.6 Å². The number of carbonyl (C=O) groups excluding carboxylic acids is 1. The third kappa shape index (κ3) is 5.59. The average Bonchev–Trinajstić information content (AvgIpc) is 2.40. The van der Waals surface area contributed by atoms with E-state index in [4.69, 9.17) is 16.7 Å². The van der Waals surface area contributed by atoms with E-state index >= 15 is 0 Å². The number of methoxy groups -OCH3 is 1. The van der Waals surface area contributed by atoms with E-state index in [-0.39, 0.29) is 25.0 Å². The Kier molecular flexibility index (Phi) is 6.84. The number of aliphatic hydroxyl groups is 1. The Bertz CT molecular complexity index is 423. The number of esters is 1. The Labute approximate surface area is 118 Å². The molecular weight excluding hydrogens is 266 g/mol. The number of halogens is 1. The van der Waals surface area contributed by atoms with E-state index in [1.54, 1.807) is 0 Å². The number of carbonyl (C=O) groups is 1. The zero-order valence-electron chi connectivity index (χ0n) is 11.3. The summed E-state index contributed by atoms with van der Waals surface area (Å²) < 4.78 is 4.68. The van der Waals surface area contributed by atoms with Crippen LogP contribution in [0.2, 0.25) is 5.02 Å². The molecular formula is C14H20ClNO3. The molecule has 1 aromatic carbocycles. The van der Waals surface area contributed by atoms with Gasteiger partial charge in [-0.15, -0.1) is 0 Å². The van der Waals surface area contributed by atoms with Gasteiger partial charge in [-0.25, -0.2) is 0 Å². The summed E-state index contributed by atoms with van der Waals surface area (Å²) in [5.74, 6) is -0.263. The van der Waals surface area contributed by atoms with Crippen LogP contribution in [0.25, 0.3) is 0 Å². The third-order valence-corrected chi connectivity index (χ3v) is 3.31. The highest BCUT2D eigenvalue weighted by Gasteiger charge is 2.14. The van der Waals surface area contributed by atoms with Crippen molar-refractivity contribution in [3.63, 3.8) is 0 Å². The second kappa shape index (κ2) is 8.15. The van der Waals surface area contributed by atoms with Crippen molar-refractivity contribution in [1.82, 2.24) is 5.32 Å². The summed E-state index contributed by atoms with van der Waals surface area (Å²) in [6, 6.07) is 5.75. The second-order valence-electron chi connectivity index (χ2n) is 4.44. The molecule has 0 amide bonds. The highest BCUT2D eigenvalue weighted by atomic mass is 35.5. The van der Waals surface area contributed by atoms with Crippen molar-refractivity contribution in [1.29, 1.82) is 0 Å². The molecule has 1 rings (SSSR count). The molecule has 0 spiro atoms. The molecule has 0 bridgehead atoms. The van der Waals surface area contributed by atoms with Crippen LogP contribution in [0.4, 0.5) is 0 Å². The van der Waals surface area contributed by atoms with Gasteiger partial charge < -0.3 is 15.2 Å². The molecule has 0 saturated heterocycles. The number of hydrogen-bond acceptors (Lipinski definition) is 4. The number of nitrogens with one attached hydrogen (secondary N) is 1. The lowest BCUT2D eigenvalue weighted by molar-refractivity contribution is -0.141. The molecule has 4 nitrogen and oxygen atoms in total. The number of ether oxygens (including phenoxy) is 1. The lowest BCUT2D eigenvalue weighted by Crippen LogP contribution is -2.35. The van der Waals surface area contributed by atoms with Crippen LogP contribution in [0.5, 0.6) is 0 Å². The first-order valence-electron chi connectivity index (χ1n) is 6.23. The molecule has 0 fully saturated rings. The number of benzene rings is 1. The van der Waals surface area contributed by atoms with Crippen molar-refractivity contribution in [3.8, 4) is 0 Å². The van der Waals surface area contributed by atoms with E-state index in [1.807, 2.05) is 25.1 Å². The molecule has 0 aliphatic rings. The molecule has 0 aliphatic carbocycles. The molecule has 1 unspecified atom stereocenters. The van der Waals surface area contributed by atoms with Crippen molar-refractivity contribution >= 4 is 17.6 Å². The molecule has 0 saturated carbocycles. The van der Waals surface area contributed by atoms with Gasteiger partial charge in [0.15, 0.2) is 0 Å². The first kappa shape index (κ1) is 16.0. The summed E-state index contributed by atoms with van der Waals surface area (Å²) in [6.07, 6.45) is 0.964. The van der Waals surface area contributed by atoms with Crippen LogP contribution in [0.15, 0.2) is 18.2 Å². The van der Waals surface area contributed by atoms with Crippen LogP contribution in [0.3, 0.4) is 0 Å². The van der Waals surface area contributed by atoms with Gasteiger partial charge in [0.1, 0.15) is 0 Å². The van der Waals surface area contributed by atoms with Crippen LogP contribution < -0.4 is 5.32 Å². The summed E-state index contributed by atoms with van der Waals surface area (Å²) in [5, 5.41) is 12.7. The largest absolute Gasteiger partial charge is 0.469 e. The van der Waals surface area contributed by atoms with Crippen LogP contribution in [-0.4, -0.2) is 37.4 Å². The van der Waals surface area contributed by atoms with Gasteiger partial charge in [-0.3, -0.25) is 4.79 Å². The van der Waals surface area contributed by atoms with Crippen molar-refractivity contribution in [2.75, 3.05) is 20.3 Å². The van der Waals surface area contributed by atoms with E-state index < -0.39 is 0 Å². The summed E-state index contributed by atoms with van der Waals surface area (Å²) >= 11 is 5.98. The molecule has 1 atom stereocenters. The quantitative estimate of drug-likeness (QED) is 0.749. The van der Waals surface area contributed by atoms with Gasteiger partial charge in [0.25, 0.3) is 0 Å². The minimum atomic E-state index is -0.263. The van der Waals surface area contributed by atoms with Crippen LogP contribution in [0.1, 0.15) is 17.5 Å². The van der Waals surface area contributed by atoms with E-state index in [2.05, 4.69) is 10.1 Å². The summed E-state index contributed by atoms with van der Waals surface area (Å²) in [4.78, 5) is 11.4. The predicted molar refractivity (Wildman–Crippen MR) is 75.4 cm³/mol. The van der Waals surface area contributed by atoms with E-state index in [0.29, 0.717) is 13.0 Å². The zero-order valence-corrected chi connectivity index (χ0v) is 12.0. The van der Waals surface area contributed by atoms with Crippen molar-refractivity contribution in [2.45, 2.75) is 25.8 Å². The number of rotatable bonds is 7. The predicted octanol–water partition coefficient (Wildman–Crippen LogP) is 1.70.